The van der Waals surface area contributed by atoms with Gasteiger partial charge in [0.15, 0.2) is 5.78 Å². The molecule has 2 aromatic heterocycles. The zero-order chi connectivity index (χ0) is 15.5. The van der Waals surface area contributed by atoms with Gasteiger partial charge in [0, 0.05) is 19.0 Å². The molecule has 2 heterocycles. The smallest absolute Gasteiger partial charge is 0.304 e. The summed E-state index contributed by atoms with van der Waals surface area (Å²) < 4.78 is 39.1. The Hall–Kier alpha value is -1.89. The largest absolute Gasteiger partial charge is 0.431 e. The van der Waals surface area contributed by atoms with Crippen molar-refractivity contribution < 1.29 is 18.0 Å². The highest BCUT2D eigenvalue weighted by molar-refractivity contribution is 7.12. The molecule has 0 spiro atoms. The van der Waals surface area contributed by atoms with E-state index in [1.807, 2.05) is 0 Å². The Bertz CT molecular complexity index is 674. The van der Waals surface area contributed by atoms with Crippen molar-refractivity contribution >= 4 is 17.1 Å². The van der Waals surface area contributed by atoms with E-state index in [0.717, 1.165) is 18.2 Å². The molecule has 2 aromatic rings. The molecule has 0 aromatic carbocycles. The van der Waals surface area contributed by atoms with Crippen molar-refractivity contribution in [2.75, 3.05) is 0 Å². The average Bonchev–Trinajstić information content (AvgIpc) is 2.93. The van der Waals surface area contributed by atoms with E-state index in [2.05, 4.69) is 0 Å². The maximum absolute atomic E-state index is 12.8. The molecule has 21 heavy (non-hydrogen) atoms. The molecular formula is C14H12F3NO2S. The molecule has 0 aliphatic carbocycles. The normalized spacial score (nSPS) is 11.6. The molecule has 112 valence electrons. The van der Waals surface area contributed by atoms with Crippen LogP contribution in [0.1, 0.15) is 28.2 Å². The summed E-state index contributed by atoms with van der Waals surface area (Å²) in [4.78, 5) is 23.9. The van der Waals surface area contributed by atoms with Gasteiger partial charge in [-0.2, -0.15) is 13.2 Å². The Morgan fingerprint density at radius 2 is 1.95 bits per heavy atom. The van der Waals surface area contributed by atoms with Gasteiger partial charge in [0.2, 0.25) is 0 Å². The summed E-state index contributed by atoms with van der Waals surface area (Å²) in [6, 6.07) is 6.43. The van der Waals surface area contributed by atoms with Gasteiger partial charge in [-0.05, 0) is 23.9 Å². The first-order chi connectivity index (χ1) is 9.89. The number of Topliss-reactive ketones (excluding diaryl/α,β-unsaturated/α-hetero) is 1. The summed E-state index contributed by atoms with van der Waals surface area (Å²) in [5.74, 6) is -0.123. The van der Waals surface area contributed by atoms with Gasteiger partial charge in [0.1, 0.15) is 5.69 Å². The highest BCUT2D eigenvalue weighted by Crippen LogP contribution is 2.28. The van der Waals surface area contributed by atoms with E-state index in [9.17, 15) is 22.8 Å². The van der Waals surface area contributed by atoms with E-state index in [4.69, 9.17) is 0 Å². The summed E-state index contributed by atoms with van der Waals surface area (Å²) in [6.45, 7) is -0.133. The van der Waals surface area contributed by atoms with Gasteiger partial charge in [-0.3, -0.25) is 9.59 Å². The third-order valence-electron chi connectivity index (χ3n) is 2.92. The summed E-state index contributed by atoms with van der Waals surface area (Å²) in [6.07, 6.45) is -4.29. The number of hydrogen-bond acceptors (Lipinski definition) is 3. The molecule has 0 radical (unpaired) electrons. The fraction of sp³-hybridized carbons (Fsp3) is 0.286. The molecular weight excluding hydrogens is 303 g/mol. The van der Waals surface area contributed by atoms with Crippen LogP contribution in [0.25, 0.3) is 0 Å². The van der Waals surface area contributed by atoms with Gasteiger partial charge < -0.3 is 4.57 Å². The molecule has 0 aliphatic rings. The van der Waals surface area contributed by atoms with Crippen LogP contribution in [0.4, 0.5) is 13.2 Å². The first kappa shape index (κ1) is 15.5. The number of halogens is 3. The van der Waals surface area contributed by atoms with E-state index >= 15 is 0 Å². The van der Waals surface area contributed by atoms with Crippen LogP contribution in [0.5, 0.6) is 0 Å². The maximum atomic E-state index is 12.8. The number of aromatic nitrogens is 1. The minimum Gasteiger partial charge on any atom is -0.304 e. The average molecular weight is 315 g/mol. The van der Waals surface area contributed by atoms with Gasteiger partial charge in [-0.1, -0.05) is 12.1 Å². The monoisotopic (exact) mass is 315 g/mol. The minimum atomic E-state index is -4.59. The molecule has 0 saturated carbocycles. The lowest BCUT2D eigenvalue weighted by Crippen LogP contribution is -2.27. The standard InChI is InChI=1S/C14H12F3NO2S/c15-14(16,17)12-6-1-7-13(20)18(12)8-2-4-10(19)11-5-3-9-21-11/h1,3,5-7,9H,2,4,8H2. The molecule has 0 saturated heterocycles. The summed E-state index contributed by atoms with van der Waals surface area (Å²) in [7, 11) is 0. The van der Waals surface area contributed by atoms with Crippen LogP contribution in [0, 0.1) is 0 Å². The van der Waals surface area contributed by atoms with E-state index < -0.39 is 17.4 Å². The topological polar surface area (TPSA) is 39.1 Å². The van der Waals surface area contributed by atoms with Gasteiger partial charge in [0.05, 0.1) is 4.88 Å². The number of hydrogen-bond donors (Lipinski definition) is 0. The number of alkyl halides is 3. The lowest BCUT2D eigenvalue weighted by Gasteiger charge is -2.14. The number of rotatable bonds is 5. The third-order valence-corrected chi connectivity index (χ3v) is 3.83. The number of pyridine rings is 1. The number of carbonyl (C=O) groups excluding carboxylic acids is 1. The fourth-order valence-electron chi connectivity index (χ4n) is 1.96. The van der Waals surface area contributed by atoms with Crippen LogP contribution < -0.4 is 5.56 Å². The first-order valence-electron chi connectivity index (χ1n) is 6.23. The van der Waals surface area contributed by atoms with E-state index in [-0.39, 0.29) is 25.2 Å². The van der Waals surface area contributed by atoms with Gasteiger partial charge >= 0.3 is 6.18 Å². The molecule has 0 N–H and O–H groups in total. The van der Waals surface area contributed by atoms with E-state index in [0.29, 0.717) is 9.44 Å². The Labute approximate surface area is 122 Å². The second-order valence-corrected chi connectivity index (χ2v) is 5.35. The van der Waals surface area contributed by atoms with Gasteiger partial charge in [0.25, 0.3) is 5.56 Å². The summed E-state index contributed by atoms with van der Waals surface area (Å²) in [5, 5.41) is 1.76. The Balaban J connectivity index is 2.07. The van der Waals surface area contributed by atoms with Gasteiger partial charge in [-0.25, -0.2) is 0 Å². The number of carbonyl (C=O) groups is 1. The fourth-order valence-corrected chi connectivity index (χ4v) is 2.65. The highest BCUT2D eigenvalue weighted by Gasteiger charge is 2.33. The van der Waals surface area contributed by atoms with Crippen LogP contribution in [-0.2, 0) is 12.7 Å². The van der Waals surface area contributed by atoms with Crippen LogP contribution in [-0.4, -0.2) is 10.4 Å². The predicted octanol–water partition coefficient (Wildman–Crippen LogP) is 3.59. The molecule has 0 amide bonds. The van der Waals surface area contributed by atoms with Crippen molar-refractivity contribution in [1.82, 2.24) is 4.57 Å². The zero-order valence-electron chi connectivity index (χ0n) is 10.9. The van der Waals surface area contributed by atoms with E-state index in [1.165, 1.54) is 11.3 Å². The molecule has 0 unspecified atom stereocenters. The highest BCUT2D eigenvalue weighted by atomic mass is 32.1. The molecule has 2 rings (SSSR count). The Kier molecular flexibility index (Phi) is 4.62. The molecule has 0 atom stereocenters. The summed E-state index contributed by atoms with van der Waals surface area (Å²) in [5.41, 5.74) is -1.70. The van der Waals surface area contributed by atoms with Crippen LogP contribution >= 0.6 is 11.3 Å². The molecule has 7 heteroatoms. The lowest BCUT2D eigenvalue weighted by atomic mass is 10.2. The van der Waals surface area contributed by atoms with Crippen molar-refractivity contribution in [1.29, 1.82) is 0 Å². The third kappa shape index (κ3) is 3.81. The van der Waals surface area contributed by atoms with Crippen molar-refractivity contribution in [2.45, 2.75) is 25.6 Å². The quantitative estimate of drug-likeness (QED) is 0.791. The zero-order valence-corrected chi connectivity index (χ0v) is 11.7. The number of ketones is 1. The molecule has 0 bridgehead atoms. The van der Waals surface area contributed by atoms with Gasteiger partial charge in [-0.15, -0.1) is 11.3 Å². The van der Waals surface area contributed by atoms with Crippen LogP contribution in [0.2, 0.25) is 0 Å². The van der Waals surface area contributed by atoms with Crippen molar-refractivity contribution in [3.05, 3.63) is 56.6 Å². The first-order valence-corrected chi connectivity index (χ1v) is 7.11. The van der Waals surface area contributed by atoms with E-state index in [1.54, 1.807) is 17.5 Å². The molecule has 0 aliphatic heterocycles. The second kappa shape index (κ2) is 6.26. The number of nitrogens with zero attached hydrogens (tertiary/aromatic N) is 1. The number of thiophene rings is 1. The Morgan fingerprint density at radius 3 is 2.57 bits per heavy atom. The summed E-state index contributed by atoms with van der Waals surface area (Å²) >= 11 is 1.29. The second-order valence-electron chi connectivity index (χ2n) is 4.40. The molecule has 3 nitrogen and oxygen atoms in total. The van der Waals surface area contributed by atoms with Crippen molar-refractivity contribution in [2.24, 2.45) is 0 Å². The van der Waals surface area contributed by atoms with Crippen LogP contribution in [0.3, 0.4) is 0 Å². The maximum Gasteiger partial charge on any atom is 0.431 e. The SMILES string of the molecule is O=C(CCCn1c(C(F)(F)F)cccc1=O)c1cccs1. The van der Waals surface area contributed by atoms with Crippen LogP contribution in [0.15, 0.2) is 40.5 Å². The van der Waals surface area contributed by atoms with Crippen molar-refractivity contribution in [3.8, 4) is 0 Å². The molecule has 0 fully saturated rings. The lowest BCUT2D eigenvalue weighted by molar-refractivity contribution is -0.144. The predicted molar refractivity (Wildman–Crippen MR) is 73.6 cm³/mol. The Morgan fingerprint density at radius 1 is 1.19 bits per heavy atom. The van der Waals surface area contributed by atoms with Crippen molar-refractivity contribution in [3.63, 3.8) is 0 Å². The minimum absolute atomic E-state index is 0.110.